The van der Waals surface area contributed by atoms with E-state index >= 15 is 0 Å². The molecule has 0 unspecified atom stereocenters. The highest BCUT2D eigenvalue weighted by atomic mass is 127. The summed E-state index contributed by atoms with van der Waals surface area (Å²) in [7, 11) is 5.27. The Morgan fingerprint density at radius 3 is 2.35 bits per heavy atom. The lowest BCUT2D eigenvalue weighted by atomic mass is 10.2. The molecule has 2 N–H and O–H groups in total. The minimum absolute atomic E-state index is 0. The maximum absolute atomic E-state index is 12.0. The van der Waals surface area contributed by atoms with E-state index in [-0.39, 0.29) is 36.4 Å². The van der Waals surface area contributed by atoms with Crippen LogP contribution in [0.5, 0.6) is 5.75 Å². The normalized spacial score (nSPS) is 10.5. The third-order valence-electron chi connectivity index (χ3n) is 3.62. The number of guanidine groups is 1. The van der Waals surface area contributed by atoms with Crippen LogP contribution in [0.3, 0.4) is 0 Å². The van der Waals surface area contributed by atoms with Crippen LogP contribution in [0.4, 0.5) is 5.69 Å². The number of methoxy groups -OCH3 is 1. The first-order valence-corrected chi connectivity index (χ1v) is 8.02. The fourth-order valence-corrected chi connectivity index (χ4v) is 2.35. The molecule has 2 rings (SSSR count). The second kappa shape index (κ2) is 11.3. The van der Waals surface area contributed by atoms with Crippen LogP contribution in [0, 0.1) is 0 Å². The van der Waals surface area contributed by atoms with Crippen molar-refractivity contribution in [3.05, 3.63) is 60.2 Å². The van der Waals surface area contributed by atoms with Crippen molar-refractivity contribution in [1.29, 1.82) is 0 Å². The van der Waals surface area contributed by atoms with Gasteiger partial charge in [-0.25, -0.2) is 0 Å². The summed E-state index contributed by atoms with van der Waals surface area (Å²) in [5.74, 6) is 1.36. The average Bonchev–Trinajstić information content (AvgIpc) is 2.63. The van der Waals surface area contributed by atoms with Gasteiger partial charge in [0.05, 0.1) is 13.7 Å². The second-order valence-electron chi connectivity index (χ2n) is 5.52. The highest BCUT2D eigenvalue weighted by molar-refractivity contribution is 14.0. The zero-order chi connectivity index (χ0) is 18.1. The summed E-state index contributed by atoms with van der Waals surface area (Å²) >= 11 is 0. The molecule has 0 saturated heterocycles. The summed E-state index contributed by atoms with van der Waals surface area (Å²) in [6, 6.07) is 17.2. The number of ether oxygens (including phenoxy) is 1. The third kappa shape index (κ3) is 6.91. The Kier molecular flexibility index (Phi) is 9.50. The van der Waals surface area contributed by atoms with Crippen LogP contribution in [0.2, 0.25) is 0 Å². The number of benzene rings is 2. The van der Waals surface area contributed by atoms with Crippen LogP contribution >= 0.6 is 24.0 Å². The van der Waals surface area contributed by atoms with Gasteiger partial charge in [-0.15, -0.1) is 24.0 Å². The minimum Gasteiger partial charge on any atom is -0.497 e. The molecule has 1 amide bonds. The lowest BCUT2D eigenvalue weighted by Crippen LogP contribution is -2.42. The van der Waals surface area contributed by atoms with Gasteiger partial charge in [-0.2, -0.15) is 0 Å². The standard InChI is InChI=1S/C19H24N4O2.HI/c1-20-19(21-13-18(24)22-16-7-5-4-6-8-16)23(2)14-15-9-11-17(25-3)12-10-15;/h4-12H,13-14H2,1-3H3,(H,20,21)(H,22,24);1H. The SMILES string of the molecule is CN=C(NCC(=O)Nc1ccccc1)N(C)Cc1ccc(OC)cc1.I. The van der Waals surface area contributed by atoms with Crippen molar-refractivity contribution in [2.24, 2.45) is 4.99 Å². The zero-order valence-electron chi connectivity index (χ0n) is 15.2. The number of nitrogens with one attached hydrogen (secondary N) is 2. The van der Waals surface area contributed by atoms with E-state index in [0.717, 1.165) is 17.0 Å². The molecule has 0 radical (unpaired) electrons. The quantitative estimate of drug-likeness (QED) is 0.389. The minimum atomic E-state index is -0.120. The summed E-state index contributed by atoms with van der Waals surface area (Å²) in [5.41, 5.74) is 1.90. The van der Waals surface area contributed by atoms with Crippen molar-refractivity contribution in [2.45, 2.75) is 6.54 Å². The molecule has 2 aromatic carbocycles. The highest BCUT2D eigenvalue weighted by Gasteiger charge is 2.09. The Hall–Kier alpha value is -2.29. The molecule has 2 aromatic rings. The number of halogens is 1. The van der Waals surface area contributed by atoms with E-state index in [4.69, 9.17) is 4.74 Å². The van der Waals surface area contributed by atoms with Crippen LogP contribution in [0.15, 0.2) is 59.6 Å². The first-order valence-electron chi connectivity index (χ1n) is 8.02. The monoisotopic (exact) mass is 468 g/mol. The van der Waals surface area contributed by atoms with Crippen molar-refractivity contribution in [1.82, 2.24) is 10.2 Å². The first kappa shape index (κ1) is 21.8. The molecule has 0 saturated carbocycles. The summed E-state index contributed by atoms with van der Waals surface area (Å²) in [4.78, 5) is 18.2. The number of carbonyl (C=O) groups excluding carboxylic acids is 1. The molecule has 0 atom stereocenters. The number of rotatable bonds is 6. The molecule has 0 aliphatic heterocycles. The van der Waals surface area contributed by atoms with Crippen molar-refractivity contribution in [3.63, 3.8) is 0 Å². The first-order chi connectivity index (χ1) is 12.1. The maximum Gasteiger partial charge on any atom is 0.243 e. The van der Waals surface area contributed by atoms with Crippen molar-refractivity contribution in [2.75, 3.05) is 33.1 Å². The average molecular weight is 468 g/mol. The zero-order valence-corrected chi connectivity index (χ0v) is 17.6. The van der Waals surface area contributed by atoms with Gasteiger partial charge in [-0.1, -0.05) is 30.3 Å². The molecular formula is C19H25IN4O2. The van der Waals surface area contributed by atoms with E-state index in [1.807, 2.05) is 66.5 Å². The third-order valence-corrected chi connectivity index (χ3v) is 3.62. The Balaban J connectivity index is 0.00000338. The van der Waals surface area contributed by atoms with Crippen LogP contribution in [-0.2, 0) is 11.3 Å². The predicted molar refractivity (Wildman–Crippen MR) is 116 cm³/mol. The Bertz CT molecular complexity index is 705. The fourth-order valence-electron chi connectivity index (χ4n) is 2.35. The number of hydrogen-bond donors (Lipinski definition) is 2. The van der Waals surface area contributed by atoms with Crippen molar-refractivity contribution in [3.8, 4) is 5.75 Å². The number of nitrogens with zero attached hydrogens (tertiary/aromatic N) is 2. The summed E-state index contributed by atoms with van der Waals surface area (Å²) in [6.07, 6.45) is 0. The van der Waals surface area contributed by atoms with E-state index in [1.54, 1.807) is 14.2 Å². The molecule has 0 fully saturated rings. The van der Waals surface area contributed by atoms with E-state index < -0.39 is 0 Å². The largest absolute Gasteiger partial charge is 0.497 e. The maximum atomic E-state index is 12.0. The molecule has 0 aliphatic carbocycles. The summed E-state index contributed by atoms with van der Waals surface area (Å²) in [6.45, 7) is 0.818. The lowest BCUT2D eigenvalue weighted by Gasteiger charge is -2.22. The summed E-state index contributed by atoms with van der Waals surface area (Å²) < 4.78 is 5.16. The van der Waals surface area contributed by atoms with Crippen LogP contribution in [0.25, 0.3) is 0 Å². The van der Waals surface area contributed by atoms with Gasteiger partial charge in [-0.3, -0.25) is 9.79 Å². The van der Waals surface area contributed by atoms with E-state index in [0.29, 0.717) is 12.5 Å². The Labute approximate surface area is 171 Å². The molecule has 7 heteroatoms. The van der Waals surface area contributed by atoms with Gasteiger partial charge in [0.15, 0.2) is 5.96 Å². The molecule has 0 heterocycles. The van der Waals surface area contributed by atoms with E-state index in [9.17, 15) is 4.79 Å². The number of anilines is 1. The van der Waals surface area contributed by atoms with Gasteiger partial charge < -0.3 is 20.3 Å². The fraction of sp³-hybridized carbons (Fsp3) is 0.263. The van der Waals surface area contributed by atoms with Crippen LogP contribution in [-0.4, -0.2) is 44.5 Å². The predicted octanol–water partition coefficient (Wildman–Crippen LogP) is 2.96. The number of hydrogen-bond acceptors (Lipinski definition) is 3. The molecule has 0 spiro atoms. The highest BCUT2D eigenvalue weighted by Crippen LogP contribution is 2.12. The molecule has 0 bridgehead atoms. The van der Waals surface area contributed by atoms with E-state index in [2.05, 4.69) is 15.6 Å². The van der Waals surface area contributed by atoms with Gasteiger partial charge >= 0.3 is 0 Å². The van der Waals surface area contributed by atoms with Gasteiger partial charge in [0, 0.05) is 26.3 Å². The Morgan fingerprint density at radius 2 is 1.77 bits per heavy atom. The van der Waals surface area contributed by atoms with Gasteiger partial charge in [-0.05, 0) is 29.8 Å². The lowest BCUT2D eigenvalue weighted by molar-refractivity contribution is -0.115. The van der Waals surface area contributed by atoms with Crippen LogP contribution in [0.1, 0.15) is 5.56 Å². The van der Waals surface area contributed by atoms with Gasteiger partial charge in [0.25, 0.3) is 0 Å². The van der Waals surface area contributed by atoms with Gasteiger partial charge in [0.1, 0.15) is 5.75 Å². The van der Waals surface area contributed by atoms with Crippen molar-refractivity contribution < 1.29 is 9.53 Å². The molecule has 140 valence electrons. The molecule has 26 heavy (non-hydrogen) atoms. The van der Waals surface area contributed by atoms with Gasteiger partial charge in [0.2, 0.25) is 5.91 Å². The number of aliphatic imine (C=N–C) groups is 1. The number of amides is 1. The van der Waals surface area contributed by atoms with Crippen molar-refractivity contribution >= 4 is 41.5 Å². The topological polar surface area (TPSA) is 66.0 Å². The molecule has 0 aromatic heterocycles. The number of carbonyl (C=O) groups is 1. The van der Waals surface area contributed by atoms with E-state index in [1.165, 1.54) is 0 Å². The molecule has 0 aliphatic rings. The Morgan fingerprint density at radius 1 is 1.12 bits per heavy atom. The smallest absolute Gasteiger partial charge is 0.243 e. The second-order valence-corrected chi connectivity index (χ2v) is 5.52. The summed E-state index contributed by atoms with van der Waals surface area (Å²) in [5, 5.41) is 5.91. The van der Waals surface area contributed by atoms with Crippen LogP contribution < -0.4 is 15.4 Å². The molecular weight excluding hydrogens is 443 g/mol. The number of para-hydroxylation sites is 1. The molecule has 6 nitrogen and oxygen atoms in total.